The van der Waals surface area contributed by atoms with Crippen LogP contribution in [0.2, 0.25) is 5.02 Å². The summed E-state index contributed by atoms with van der Waals surface area (Å²) in [4.78, 5) is 21.7. The minimum Gasteiger partial charge on any atom is -0.494 e. The second kappa shape index (κ2) is 19.3. The van der Waals surface area contributed by atoms with Gasteiger partial charge in [-0.3, -0.25) is 9.88 Å². The second-order valence-electron chi connectivity index (χ2n) is 11.9. The lowest BCUT2D eigenvalue weighted by Gasteiger charge is -2.26. The van der Waals surface area contributed by atoms with Crippen LogP contribution in [0.25, 0.3) is 0 Å². The first-order valence-corrected chi connectivity index (χ1v) is 16.8. The van der Waals surface area contributed by atoms with Gasteiger partial charge in [0.05, 0.1) is 6.61 Å². The molecule has 0 aliphatic carbocycles. The van der Waals surface area contributed by atoms with Crippen LogP contribution in [-0.4, -0.2) is 73.7 Å². The molecule has 1 fully saturated rings. The Balaban J connectivity index is 1.00. The topological polar surface area (TPSA) is 69.7 Å². The number of hydrogen-bond donors (Lipinski definition) is 2. The Hall–Kier alpha value is -3.13. The molecule has 1 aromatic heterocycles. The number of ether oxygens (including phenoxy) is 1. The van der Waals surface area contributed by atoms with Crippen LogP contribution in [0.1, 0.15) is 74.1 Å². The molecular weight excluding hydrogens is 570 g/mol. The van der Waals surface area contributed by atoms with Crippen molar-refractivity contribution in [1.29, 1.82) is 0 Å². The van der Waals surface area contributed by atoms with Gasteiger partial charge in [-0.1, -0.05) is 54.8 Å². The molecule has 4 rings (SSSR count). The summed E-state index contributed by atoms with van der Waals surface area (Å²) in [6, 6.07) is 22.6. The Kier molecular flexibility index (Phi) is 14.8. The minimum absolute atomic E-state index is 0.105. The molecule has 1 aliphatic heterocycles. The van der Waals surface area contributed by atoms with E-state index >= 15 is 0 Å². The van der Waals surface area contributed by atoms with Crippen molar-refractivity contribution in [2.75, 3.05) is 52.9 Å². The first-order chi connectivity index (χ1) is 21.6. The van der Waals surface area contributed by atoms with Gasteiger partial charge in [0.1, 0.15) is 5.75 Å². The number of nitrogens with zero attached hydrogens (tertiary/aromatic N) is 3. The van der Waals surface area contributed by atoms with E-state index < -0.39 is 0 Å². The van der Waals surface area contributed by atoms with Crippen molar-refractivity contribution < 1.29 is 9.53 Å². The quantitative estimate of drug-likeness (QED) is 0.149. The number of aromatic nitrogens is 1. The number of nitrogens with one attached hydrogen (secondary N) is 2. The van der Waals surface area contributed by atoms with E-state index in [0.717, 1.165) is 68.2 Å². The maximum atomic E-state index is 12.1. The van der Waals surface area contributed by atoms with Gasteiger partial charge >= 0.3 is 6.03 Å². The highest BCUT2D eigenvalue weighted by Gasteiger charge is 2.16. The SMILES string of the molecule is CN(CCCCCNC(=O)NCCCOc1ccc(CN2CCCCC2)cc1)CCC(c1ccc(Cl)cc1)c1ccccn1. The molecule has 1 unspecified atom stereocenters. The molecule has 7 nitrogen and oxygen atoms in total. The summed E-state index contributed by atoms with van der Waals surface area (Å²) in [7, 11) is 2.18. The number of amides is 2. The van der Waals surface area contributed by atoms with E-state index in [1.165, 1.54) is 43.5 Å². The Bertz CT molecular complexity index is 1200. The van der Waals surface area contributed by atoms with Crippen molar-refractivity contribution in [2.24, 2.45) is 0 Å². The summed E-state index contributed by atoms with van der Waals surface area (Å²) in [5, 5.41) is 6.66. The number of rotatable bonds is 18. The van der Waals surface area contributed by atoms with Gasteiger partial charge in [0.2, 0.25) is 0 Å². The number of urea groups is 1. The van der Waals surface area contributed by atoms with Gasteiger partial charge in [0.25, 0.3) is 0 Å². The summed E-state index contributed by atoms with van der Waals surface area (Å²) in [5.74, 6) is 1.13. The van der Waals surface area contributed by atoms with Crippen molar-refractivity contribution in [3.63, 3.8) is 0 Å². The van der Waals surface area contributed by atoms with Gasteiger partial charge in [0.15, 0.2) is 0 Å². The van der Waals surface area contributed by atoms with E-state index in [4.69, 9.17) is 16.3 Å². The highest BCUT2D eigenvalue weighted by molar-refractivity contribution is 6.30. The summed E-state index contributed by atoms with van der Waals surface area (Å²) >= 11 is 6.12. The first kappa shape index (κ1) is 33.8. The standard InChI is InChI=1S/C36H50ClN5O2/c1-41(27-20-34(35-11-4-6-21-38-35)31-14-16-32(37)17-15-31)24-7-2-5-22-39-36(43)40-23-10-28-44-33-18-12-30(13-19-33)29-42-25-8-3-9-26-42/h4,6,11-19,21,34H,2-3,5,7-10,20,22-29H2,1H3,(H2,39,40,43). The molecule has 2 amide bonds. The summed E-state index contributed by atoms with van der Waals surface area (Å²) in [5.41, 5.74) is 3.67. The van der Waals surface area contributed by atoms with E-state index in [1.54, 1.807) is 0 Å². The third-order valence-electron chi connectivity index (χ3n) is 8.27. The van der Waals surface area contributed by atoms with Crippen molar-refractivity contribution >= 4 is 17.6 Å². The van der Waals surface area contributed by atoms with Gasteiger partial charge < -0.3 is 20.3 Å². The first-order valence-electron chi connectivity index (χ1n) is 16.4. The van der Waals surface area contributed by atoms with E-state index in [-0.39, 0.29) is 11.9 Å². The lowest BCUT2D eigenvalue weighted by atomic mass is 9.92. The Morgan fingerprint density at radius 2 is 1.66 bits per heavy atom. The van der Waals surface area contributed by atoms with E-state index in [0.29, 0.717) is 19.7 Å². The third kappa shape index (κ3) is 12.5. The molecular formula is C36H50ClN5O2. The van der Waals surface area contributed by atoms with Gasteiger partial charge in [-0.25, -0.2) is 4.79 Å². The largest absolute Gasteiger partial charge is 0.494 e. The Labute approximate surface area is 269 Å². The number of piperidine rings is 1. The number of unbranched alkanes of at least 4 members (excludes halogenated alkanes) is 2. The fraction of sp³-hybridized carbons (Fsp3) is 0.500. The molecule has 2 aromatic carbocycles. The van der Waals surface area contributed by atoms with Crippen molar-refractivity contribution in [1.82, 2.24) is 25.4 Å². The summed E-state index contributed by atoms with van der Waals surface area (Å²) < 4.78 is 5.86. The van der Waals surface area contributed by atoms with Crippen LogP contribution in [-0.2, 0) is 6.54 Å². The maximum absolute atomic E-state index is 12.1. The predicted molar refractivity (Wildman–Crippen MR) is 181 cm³/mol. The van der Waals surface area contributed by atoms with Gasteiger partial charge in [-0.2, -0.15) is 0 Å². The number of carbonyl (C=O) groups excluding carboxylic acids is 1. The number of likely N-dealkylation sites (tertiary alicyclic amines) is 1. The average molecular weight is 620 g/mol. The molecule has 1 aliphatic rings. The molecule has 238 valence electrons. The van der Waals surface area contributed by atoms with Crippen LogP contribution in [0.15, 0.2) is 72.9 Å². The molecule has 0 spiro atoms. The molecule has 2 N–H and O–H groups in total. The highest BCUT2D eigenvalue weighted by atomic mass is 35.5. The minimum atomic E-state index is -0.105. The normalized spacial score (nSPS) is 14.3. The smallest absolute Gasteiger partial charge is 0.314 e. The zero-order valence-corrected chi connectivity index (χ0v) is 27.1. The van der Waals surface area contributed by atoms with Crippen molar-refractivity contribution in [3.05, 3.63) is 94.8 Å². The van der Waals surface area contributed by atoms with Crippen LogP contribution in [0.4, 0.5) is 4.79 Å². The van der Waals surface area contributed by atoms with Crippen LogP contribution < -0.4 is 15.4 Å². The molecule has 2 heterocycles. The van der Waals surface area contributed by atoms with Crippen LogP contribution in [0.5, 0.6) is 5.75 Å². The molecule has 3 aromatic rings. The number of halogens is 1. The van der Waals surface area contributed by atoms with Crippen LogP contribution >= 0.6 is 11.6 Å². The third-order valence-corrected chi connectivity index (χ3v) is 8.52. The average Bonchev–Trinajstić information content (AvgIpc) is 3.05. The van der Waals surface area contributed by atoms with Gasteiger partial charge in [-0.05, 0) is 119 Å². The monoisotopic (exact) mass is 619 g/mol. The van der Waals surface area contributed by atoms with Crippen molar-refractivity contribution in [3.8, 4) is 5.75 Å². The molecule has 0 radical (unpaired) electrons. The lowest BCUT2D eigenvalue weighted by Crippen LogP contribution is -2.36. The van der Waals surface area contributed by atoms with E-state index in [9.17, 15) is 4.79 Å². The zero-order valence-electron chi connectivity index (χ0n) is 26.4. The summed E-state index contributed by atoms with van der Waals surface area (Å²) in [6.45, 7) is 7.32. The molecule has 0 bridgehead atoms. The van der Waals surface area contributed by atoms with Gasteiger partial charge in [-0.15, -0.1) is 0 Å². The second-order valence-corrected chi connectivity index (χ2v) is 12.3. The molecule has 44 heavy (non-hydrogen) atoms. The molecule has 1 saturated heterocycles. The fourth-order valence-corrected chi connectivity index (χ4v) is 5.83. The van der Waals surface area contributed by atoms with E-state index in [1.807, 2.05) is 24.4 Å². The molecule has 8 heteroatoms. The number of hydrogen-bond acceptors (Lipinski definition) is 5. The molecule has 1 atom stereocenters. The number of benzene rings is 2. The number of carbonyl (C=O) groups is 1. The number of pyridine rings is 1. The highest BCUT2D eigenvalue weighted by Crippen LogP contribution is 2.28. The Morgan fingerprint density at radius 3 is 2.39 bits per heavy atom. The predicted octanol–water partition coefficient (Wildman–Crippen LogP) is 7.11. The van der Waals surface area contributed by atoms with Crippen LogP contribution in [0.3, 0.4) is 0 Å². The summed E-state index contributed by atoms with van der Waals surface area (Å²) in [6.07, 6.45) is 10.8. The van der Waals surface area contributed by atoms with Gasteiger partial charge in [0, 0.05) is 42.5 Å². The zero-order chi connectivity index (χ0) is 30.8. The lowest BCUT2D eigenvalue weighted by molar-refractivity contribution is 0.221. The van der Waals surface area contributed by atoms with E-state index in [2.05, 4.69) is 81.0 Å². The molecule has 0 saturated carbocycles. The fourth-order valence-electron chi connectivity index (χ4n) is 5.70. The maximum Gasteiger partial charge on any atom is 0.314 e. The van der Waals surface area contributed by atoms with Crippen LogP contribution in [0, 0.1) is 0 Å². The van der Waals surface area contributed by atoms with Crippen molar-refractivity contribution in [2.45, 2.75) is 63.8 Å². The Morgan fingerprint density at radius 1 is 0.909 bits per heavy atom.